The molecule has 0 radical (unpaired) electrons. The molecule has 0 saturated carbocycles. The number of nitrogens with zero attached hydrogens (tertiary/aromatic N) is 5. The van der Waals surface area contributed by atoms with Crippen LogP contribution in [0.1, 0.15) is 36.3 Å². The minimum absolute atomic E-state index is 0.00341. The average Bonchev–Trinajstić information content (AvgIpc) is 3.32. The number of ether oxygens (including phenoxy) is 1. The smallest absolute Gasteiger partial charge is 0.377 e. The molecule has 3 N–H and O–H groups in total. The fourth-order valence-corrected chi connectivity index (χ4v) is 5.31. The highest BCUT2D eigenvalue weighted by Gasteiger charge is 2.31. The molecule has 1 unspecified atom stereocenters. The van der Waals surface area contributed by atoms with E-state index in [1.54, 1.807) is 36.4 Å². The average molecular weight is 576 g/mol. The Kier molecular flexibility index (Phi) is 6.72. The van der Waals surface area contributed by atoms with Crippen molar-refractivity contribution in [2.24, 2.45) is 0 Å². The molecule has 214 valence electrons. The van der Waals surface area contributed by atoms with Crippen molar-refractivity contribution in [3.63, 3.8) is 0 Å². The van der Waals surface area contributed by atoms with E-state index < -0.39 is 40.9 Å². The summed E-state index contributed by atoms with van der Waals surface area (Å²) in [6.45, 7) is 0.223. The normalized spacial score (nSPS) is 15.9. The molecule has 1 atom stereocenters. The first-order chi connectivity index (χ1) is 20.2. The number of nitrogens with two attached hydrogens (primary N) is 1. The van der Waals surface area contributed by atoms with E-state index in [0.717, 1.165) is 18.2 Å². The number of fused-ring (bicyclic) bond motifs is 2. The number of nitrogens with one attached hydrogen (secondary N) is 1. The molecule has 2 aliphatic heterocycles. The number of anilines is 3. The van der Waals surface area contributed by atoms with Crippen LogP contribution in [0.5, 0.6) is 5.75 Å². The van der Waals surface area contributed by atoms with Crippen molar-refractivity contribution in [1.82, 2.24) is 19.8 Å². The first kappa shape index (κ1) is 26.8. The van der Waals surface area contributed by atoms with Crippen LogP contribution in [0.25, 0.3) is 5.69 Å². The number of esters is 1. The fourth-order valence-electron chi connectivity index (χ4n) is 5.31. The predicted octanol–water partition coefficient (Wildman–Crippen LogP) is 3.13. The quantitative estimate of drug-likeness (QED) is 0.163. The topological polar surface area (TPSA) is 154 Å². The van der Waals surface area contributed by atoms with Gasteiger partial charge in [-0.05, 0) is 64.7 Å². The zero-order valence-electron chi connectivity index (χ0n) is 21.9. The first-order valence-electron chi connectivity index (χ1n) is 13.0. The van der Waals surface area contributed by atoms with Crippen molar-refractivity contribution in [2.45, 2.75) is 31.6 Å². The van der Waals surface area contributed by atoms with Crippen LogP contribution in [-0.2, 0) is 16.0 Å². The van der Waals surface area contributed by atoms with Gasteiger partial charge in [-0.2, -0.15) is 4.68 Å². The van der Waals surface area contributed by atoms with Crippen molar-refractivity contribution in [3.05, 3.63) is 87.8 Å². The third-order valence-corrected chi connectivity index (χ3v) is 7.21. The summed E-state index contributed by atoms with van der Waals surface area (Å²) in [6.07, 6.45) is 1.06. The van der Waals surface area contributed by atoms with Crippen molar-refractivity contribution in [1.29, 1.82) is 0 Å². The minimum atomic E-state index is -1.14. The molecule has 0 spiro atoms. The molecular formula is C28H23F2N7O5. The van der Waals surface area contributed by atoms with Gasteiger partial charge in [0, 0.05) is 36.3 Å². The summed E-state index contributed by atoms with van der Waals surface area (Å²) in [6, 6.07) is 12.1. The highest BCUT2D eigenvalue weighted by atomic mass is 19.1. The number of halogens is 2. The van der Waals surface area contributed by atoms with Crippen molar-refractivity contribution >= 4 is 35.0 Å². The number of hydrogen-bond acceptors (Lipinski definition) is 8. The van der Waals surface area contributed by atoms with E-state index >= 15 is 0 Å². The number of carbonyl (C=O) groups excluding carboxylic acids is 3. The van der Waals surface area contributed by atoms with E-state index in [9.17, 15) is 28.0 Å². The molecule has 1 aromatic heterocycles. The summed E-state index contributed by atoms with van der Waals surface area (Å²) >= 11 is 0. The van der Waals surface area contributed by atoms with Gasteiger partial charge in [-0.3, -0.25) is 14.5 Å². The van der Waals surface area contributed by atoms with Gasteiger partial charge in [0.1, 0.15) is 11.4 Å². The maximum atomic E-state index is 14.2. The molecule has 14 heteroatoms. The van der Waals surface area contributed by atoms with Gasteiger partial charge in [0.2, 0.25) is 5.91 Å². The van der Waals surface area contributed by atoms with Crippen LogP contribution in [-0.4, -0.2) is 44.2 Å². The zero-order chi connectivity index (χ0) is 29.5. The molecule has 0 fully saturated rings. The number of tetrazole rings is 1. The van der Waals surface area contributed by atoms with Crippen molar-refractivity contribution < 1.29 is 27.9 Å². The lowest BCUT2D eigenvalue weighted by Gasteiger charge is -2.30. The molecule has 3 heterocycles. The Hall–Kier alpha value is -5.40. The van der Waals surface area contributed by atoms with Crippen LogP contribution in [0.15, 0.2) is 59.4 Å². The van der Waals surface area contributed by atoms with E-state index in [4.69, 9.17) is 10.5 Å². The maximum Gasteiger partial charge on any atom is 0.377 e. The highest BCUT2D eigenvalue weighted by Crippen LogP contribution is 2.38. The van der Waals surface area contributed by atoms with Crippen LogP contribution < -0.4 is 26.4 Å². The van der Waals surface area contributed by atoms with Gasteiger partial charge in [-0.25, -0.2) is 18.4 Å². The molecular weight excluding hydrogens is 552 g/mol. The van der Waals surface area contributed by atoms with Gasteiger partial charge in [0.15, 0.2) is 11.6 Å². The molecule has 2 amide bonds. The summed E-state index contributed by atoms with van der Waals surface area (Å²) in [4.78, 5) is 52.9. The Morgan fingerprint density at radius 3 is 2.60 bits per heavy atom. The molecule has 42 heavy (non-hydrogen) atoms. The Balaban J connectivity index is 1.24. The second kappa shape index (κ2) is 10.5. The number of para-hydroxylation sites is 1. The number of benzene rings is 3. The lowest BCUT2D eigenvalue weighted by Crippen LogP contribution is -2.43. The van der Waals surface area contributed by atoms with Crippen molar-refractivity contribution in [3.8, 4) is 11.4 Å². The molecule has 6 rings (SSSR count). The van der Waals surface area contributed by atoms with Crippen LogP contribution in [0, 0.1) is 11.6 Å². The monoisotopic (exact) mass is 575 g/mol. The Labute approximate surface area is 236 Å². The number of rotatable bonds is 4. The zero-order valence-corrected chi connectivity index (χ0v) is 21.9. The SMILES string of the molecule is Nc1ccc2c(c1)OC(=O)CC2CC(=O)Nc1cccc2c1CCCN2C(=O)n1nnn(-c2c(F)cccc2F)c1=O. The van der Waals surface area contributed by atoms with Gasteiger partial charge >= 0.3 is 17.7 Å². The van der Waals surface area contributed by atoms with E-state index in [1.165, 1.54) is 4.90 Å². The number of hydrogen-bond donors (Lipinski definition) is 2. The molecule has 12 nitrogen and oxygen atoms in total. The second-order valence-corrected chi connectivity index (χ2v) is 9.92. The number of amides is 2. The van der Waals surface area contributed by atoms with Gasteiger partial charge < -0.3 is 15.8 Å². The van der Waals surface area contributed by atoms with E-state index in [-0.39, 0.29) is 25.3 Å². The van der Waals surface area contributed by atoms with E-state index in [1.807, 2.05) is 0 Å². The highest BCUT2D eigenvalue weighted by molar-refractivity contribution is 5.98. The van der Waals surface area contributed by atoms with Crippen LogP contribution in [0.4, 0.5) is 30.6 Å². The molecule has 3 aromatic carbocycles. The number of nitrogen functional groups attached to an aromatic ring is 1. The molecule has 0 saturated heterocycles. The summed E-state index contributed by atoms with van der Waals surface area (Å²) in [5, 5.41) is 9.96. The van der Waals surface area contributed by atoms with Crippen molar-refractivity contribution in [2.75, 3.05) is 22.5 Å². The summed E-state index contributed by atoms with van der Waals surface area (Å²) in [5.74, 6) is -2.97. The summed E-state index contributed by atoms with van der Waals surface area (Å²) in [7, 11) is 0. The second-order valence-electron chi connectivity index (χ2n) is 9.92. The predicted molar refractivity (Wildman–Crippen MR) is 146 cm³/mol. The van der Waals surface area contributed by atoms with Crippen LogP contribution in [0.2, 0.25) is 0 Å². The number of carbonyl (C=O) groups is 3. The van der Waals surface area contributed by atoms with Gasteiger partial charge in [0.25, 0.3) is 0 Å². The largest absolute Gasteiger partial charge is 0.426 e. The minimum Gasteiger partial charge on any atom is -0.426 e. The van der Waals surface area contributed by atoms with E-state index in [0.29, 0.717) is 56.1 Å². The maximum absolute atomic E-state index is 14.2. The lowest BCUT2D eigenvalue weighted by molar-refractivity contribution is -0.136. The van der Waals surface area contributed by atoms with Crippen LogP contribution >= 0.6 is 0 Å². The molecule has 2 aliphatic rings. The summed E-state index contributed by atoms with van der Waals surface area (Å²) < 4.78 is 34.6. The van der Waals surface area contributed by atoms with Crippen LogP contribution in [0.3, 0.4) is 0 Å². The third kappa shape index (κ3) is 4.76. The van der Waals surface area contributed by atoms with Gasteiger partial charge in [-0.15, -0.1) is 4.68 Å². The standard InChI is InChI=1S/C28H23F2N7O5/c29-19-5-1-6-20(30)26(19)36-28(41)37(34-33-36)27(40)35-11-3-4-18-21(7-2-8-22(18)35)32-24(38)12-15-13-25(39)42-23-14-16(31)9-10-17(15)23/h1-2,5-10,14-15H,3-4,11-13,31H2,(H,32,38). The van der Waals surface area contributed by atoms with Gasteiger partial charge in [-0.1, -0.05) is 18.2 Å². The first-order valence-corrected chi connectivity index (χ1v) is 13.0. The Morgan fingerprint density at radius 1 is 1.05 bits per heavy atom. The molecule has 4 aromatic rings. The Morgan fingerprint density at radius 2 is 1.81 bits per heavy atom. The third-order valence-electron chi connectivity index (χ3n) is 7.21. The molecule has 0 aliphatic carbocycles. The van der Waals surface area contributed by atoms with Gasteiger partial charge in [0.05, 0.1) is 12.1 Å². The lowest BCUT2D eigenvalue weighted by atomic mass is 9.89. The fraction of sp³-hybridized carbons (Fsp3) is 0.214. The molecule has 0 bridgehead atoms. The Bertz CT molecular complexity index is 1800. The van der Waals surface area contributed by atoms with E-state index in [2.05, 4.69) is 15.7 Å². The summed E-state index contributed by atoms with van der Waals surface area (Å²) in [5.41, 5.74) is 6.61. The number of aromatic nitrogens is 4.